The molecule has 0 radical (unpaired) electrons. The second-order valence-electron chi connectivity index (χ2n) is 7.36. The minimum Gasteiger partial charge on any atom is -0.507 e. The van der Waals surface area contributed by atoms with Gasteiger partial charge in [-0.2, -0.15) is 0 Å². The first-order valence-electron chi connectivity index (χ1n) is 9.95. The number of nitrogens with zero attached hydrogens (tertiary/aromatic N) is 2. The van der Waals surface area contributed by atoms with Gasteiger partial charge in [-0.3, -0.25) is 14.5 Å². The van der Waals surface area contributed by atoms with Gasteiger partial charge in [0.1, 0.15) is 5.76 Å². The number of rotatable bonds is 5. The first-order valence-corrected chi connectivity index (χ1v) is 10.7. The van der Waals surface area contributed by atoms with E-state index in [4.69, 9.17) is 4.74 Å². The van der Waals surface area contributed by atoms with Crippen LogP contribution in [0.1, 0.15) is 17.2 Å². The second kappa shape index (κ2) is 9.12. The number of ether oxygens (including phenoxy) is 1. The number of morpholine rings is 1. The quantitative estimate of drug-likeness (QED) is 0.412. The summed E-state index contributed by atoms with van der Waals surface area (Å²) < 4.78 is 6.29. The molecule has 4 rings (SSSR count). The molecule has 0 aliphatic carbocycles. The van der Waals surface area contributed by atoms with Crippen molar-refractivity contribution in [3.05, 3.63) is 75.8 Å². The standard InChI is InChI=1S/C23H23BrN2O4/c24-18-8-6-16(7-9-18)20-19(21(27)17-4-2-1-3-5-17)22(28)23(29)26(20)11-10-25-12-14-30-15-13-25/h1-9,20,27H,10-15H2/b21-19-. The maximum Gasteiger partial charge on any atom is 0.295 e. The van der Waals surface area contributed by atoms with Gasteiger partial charge in [-0.15, -0.1) is 0 Å². The smallest absolute Gasteiger partial charge is 0.295 e. The molecule has 7 heteroatoms. The maximum atomic E-state index is 13.0. The molecule has 2 aromatic rings. The number of likely N-dealkylation sites (tertiary alicyclic amines) is 1. The number of halogens is 1. The second-order valence-corrected chi connectivity index (χ2v) is 8.28. The summed E-state index contributed by atoms with van der Waals surface area (Å²) in [6.07, 6.45) is 0. The molecular formula is C23H23BrN2O4. The zero-order valence-electron chi connectivity index (χ0n) is 16.5. The number of carbonyl (C=O) groups is 2. The van der Waals surface area contributed by atoms with Gasteiger partial charge in [0.05, 0.1) is 24.8 Å². The molecule has 2 heterocycles. The number of hydrogen-bond donors (Lipinski definition) is 1. The van der Waals surface area contributed by atoms with Gasteiger partial charge in [-0.05, 0) is 17.7 Å². The summed E-state index contributed by atoms with van der Waals surface area (Å²) >= 11 is 3.43. The van der Waals surface area contributed by atoms with Crippen molar-refractivity contribution in [3.63, 3.8) is 0 Å². The van der Waals surface area contributed by atoms with E-state index >= 15 is 0 Å². The Labute approximate surface area is 183 Å². The van der Waals surface area contributed by atoms with Crippen LogP contribution in [0.15, 0.2) is 64.6 Å². The zero-order chi connectivity index (χ0) is 21.1. The van der Waals surface area contributed by atoms with E-state index in [9.17, 15) is 14.7 Å². The SMILES string of the molecule is O=C1C(=O)N(CCN2CCOCC2)C(c2ccc(Br)cc2)/C1=C(/O)c1ccccc1. The summed E-state index contributed by atoms with van der Waals surface area (Å²) in [4.78, 5) is 29.7. The van der Waals surface area contributed by atoms with Crippen molar-refractivity contribution in [1.82, 2.24) is 9.80 Å². The van der Waals surface area contributed by atoms with Gasteiger partial charge < -0.3 is 14.7 Å². The molecule has 2 aromatic carbocycles. The number of amides is 1. The average molecular weight is 471 g/mol. The number of aliphatic hydroxyl groups is 1. The molecule has 1 amide bonds. The summed E-state index contributed by atoms with van der Waals surface area (Å²) in [5, 5.41) is 11.0. The Morgan fingerprint density at radius 3 is 2.33 bits per heavy atom. The number of benzene rings is 2. The average Bonchev–Trinajstić information content (AvgIpc) is 3.04. The lowest BCUT2D eigenvalue weighted by Crippen LogP contribution is -2.42. The van der Waals surface area contributed by atoms with E-state index < -0.39 is 17.7 Å². The highest BCUT2D eigenvalue weighted by Crippen LogP contribution is 2.39. The highest BCUT2D eigenvalue weighted by molar-refractivity contribution is 9.10. The third-order valence-corrected chi connectivity index (χ3v) is 6.06. The van der Waals surface area contributed by atoms with Crippen molar-refractivity contribution >= 4 is 33.4 Å². The molecule has 0 bridgehead atoms. The third-order valence-electron chi connectivity index (χ3n) is 5.53. The van der Waals surface area contributed by atoms with Crippen molar-refractivity contribution in [3.8, 4) is 0 Å². The highest BCUT2D eigenvalue weighted by Gasteiger charge is 2.45. The van der Waals surface area contributed by atoms with Gasteiger partial charge in [0.25, 0.3) is 11.7 Å². The first-order chi connectivity index (χ1) is 14.6. The number of aliphatic hydroxyl groups excluding tert-OH is 1. The number of ketones is 1. The van der Waals surface area contributed by atoms with Crippen molar-refractivity contribution in [2.75, 3.05) is 39.4 Å². The van der Waals surface area contributed by atoms with Crippen LogP contribution in [0.5, 0.6) is 0 Å². The van der Waals surface area contributed by atoms with Gasteiger partial charge in [-0.25, -0.2) is 0 Å². The lowest BCUT2D eigenvalue weighted by molar-refractivity contribution is -0.140. The minimum absolute atomic E-state index is 0.135. The molecule has 30 heavy (non-hydrogen) atoms. The Hall–Kier alpha value is -2.48. The van der Waals surface area contributed by atoms with E-state index in [0.29, 0.717) is 31.9 Å². The molecule has 2 saturated heterocycles. The van der Waals surface area contributed by atoms with Crippen molar-refractivity contribution < 1.29 is 19.4 Å². The van der Waals surface area contributed by atoms with Gasteiger partial charge in [0.15, 0.2) is 0 Å². The van der Waals surface area contributed by atoms with Gasteiger partial charge in [0.2, 0.25) is 0 Å². The molecule has 6 nitrogen and oxygen atoms in total. The number of Topliss-reactive ketones (excluding diaryl/α,β-unsaturated/α-hetero) is 1. The summed E-state index contributed by atoms with van der Waals surface area (Å²) in [6.45, 7) is 3.99. The van der Waals surface area contributed by atoms with Gasteiger partial charge in [-0.1, -0.05) is 58.4 Å². The largest absolute Gasteiger partial charge is 0.507 e. The lowest BCUT2D eigenvalue weighted by atomic mass is 9.95. The number of carbonyl (C=O) groups excluding carboxylic acids is 2. The van der Waals surface area contributed by atoms with E-state index in [2.05, 4.69) is 20.8 Å². The summed E-state index contributed by atoms with van der Waals surface area (Å²) in [6, 6.07) is 15.8. The maximum absolute atomic E-state index is 13.0. The van der Waals surface area contributed by atoms with Crippen LogP contribution in [0.3, 0.4) is 0 Å². The fourth-order valence-electron chi connectivity index (χ4n) is 3.93. The van der Waals surface area contributed by atoms with Crippen LogP contribution in [0.4, 0.5) is 0 Å². The van der Waals surface area contributed by atoms with E-state index in [1.807, 2.05) is 30.3 Å². The van der Waals surface area contributed by atoms with Crippen LogP contribution in [0.25, 0.3) is 5.76 Å². The van der Waals surface area contributed by atoms with Crippen LogP contribution in [-0.4, -0.2) is 66.0 Å². The molecule has 156 valence electrons. The van der Waals surface area contributed by atoms with E-state index in [-0.39, 0.29) is 11.3 Å². The van der Waals surface area contributed by atoms with Crippen LogP contribution < -0.4 is 0 Å². The van der Waals surface area contributed by atoms with Gasteiger partial charge in [0, 0.05) is 36.2 Å². The Morgan fingerprint density at radius 1 is 1.00 bits per heavy atom. The lowest BCUT2D eigenvalue weighted by Gasteiger charge is -2.31. The topological polar surface area (TPSA) is 70.1 Å². The monoisotopic (exact) mass is 470 g/mol. The number of hydrogen-bond acceptors (Lipinski definition) is 5. The fourth-order valence-corrected chi connectivity index (χ4v) is 4.19. The zero-order valence-corrected chi connectivity index (χ0v) is 18.0. The van der Waals surface area contributed by atoms with E-state index in [0.717, 1.165) is 23.1 Å². The van der Waals surface area contributed by atoms with Gasteiger partial charge >= 0.3 is 0 Å². The molecular weight excluding hydrogens is 448 g/mol. The molecule has 2 aliphatic heterocycles. The normalized spacial score (nSPS) is 21.9. The predicted molar refractivity (Wildman–Crippen MR) is 117 cm³/mol. The Morgan fingerprint density at radius 2 is 1.67 bits per heavy atom. The molecule has 1 atom stereocenters. The fraction of sp³-hybridized carbons (Fsp3) is 0.304. The first kappa shape index (κ1) is 20.8. The van der Waals surface area contributed by atoms with Crippen LogP contribution >= 0.6 is 15.9 Å². The van der Waals surface area contributed by atoms with Crippen molar-refractivity contribution in [2.45, 2.75) is 6.04 Å². The summed E-state index contributed by atoms with van der Waals surface area (Å²) in [7, 11) is 0. The van der Waals surface area contributed by atoms with Crippen molar-refractivity contribution in [1.29, 1.82) is 0 Å². The summed E-state index contributed by atoms with van der Waals surface area (Å²) in [5.74, 6) is -1.37. The summed E-state index contributed by atoms with van der Waals surface area (Å²) in [5.41, 5.74) is 1.44. The molecule has 2 fully saturated rings. The van der Waals surface area contributed by atoms with Crippen molar-refractivity contribution in [2.24, 2.45) is 0 Å². The molecule has 0 spiro atoms. The van der Waals surface area contributed by atoms with E-state index in [1.54, 1.807) is 29.2 Å². The third kappa shape index (κ3) is 4.19. The predicted octanol–water partition coefficient (Wildman–Crippen LogP) is 3.20. The minimum atomic E-state index is -0.647. The molecule has 1 N–H and O–H groups in total. The highest BCUT2D eigenvalue weighted by atomic mass is 79.9. The Bertz CT molecular complexity index is 953. The Balaban J connectivity index is 1.72. The Kier molecular flexibility index (Phi) is 6.32. The van der Waals surface area contributed by atoms with Crippen LogP contribution in [0.2, 0.25) is 0 Å². The molecule has 0 saturated carbocycles. The van der Waals surface area contributed by atoms with Crippen LogP contribution in [-0.2, 0) is 14.3 Å². The van der Waals surface area contributed by atoms with E-state index in [1.165, 1.54) is 0 Å². The molecule has 0 aromatic heterocycles. The molecule has 1 unspecified atom stereocenters. The van der Waals surface area contributed by atoms with Crippen LogP contribution in [0, 0.1) is 0 Å². The molecule has 2 aliphatic rings.